The molecule has 29 heavy (non-hydrogen) atoms. The monoisotopic (exact) mass is 450 g/mol. The van der Waals surface area contributed by atoms with Crippen LogP contribution in [0.15, 0.2) is 83.3 Å². The molecule has 1 aromatic heterocycles. The number of amides is 1. The fraction of sp³-hybridized carbons (Fsp3) is 0.130. The summed E-state index contributed by atoms with van der Waals surface area (Å²) in [5.74, 6) is 0.0815. The minimum absolute atomic E-state index is 0.232. The van der Waals surface area contributed by atoms with E-state index in [1.165, 1.54) is 0 Å². The molecule has 2 aromatic carbocycles. The molecule has 4 rings (SSSR count). The fourth-order valence-electron chi connectivity index (χ4n) is 3.59. The van der Waals surface area contributed by atoms with E-state index >= 15 is 0 Å². The van der Waals surface area contributed by atoms with Crippen molar-refractivity contribution in [3.05, 3.63) is 100.0 Å². The van der Waals surface area contributed by atoms with Crippen molar-refractivity contribution in [3.8, 4) is 5.75 Å². The first kappa shape index (κ1) is 19.2. The van der Waals surface area contributed by atoms with Crippen LogP contribution in [0.25, 0.3) is 5.57 Å². The number of rotatable bonds is 5. The van der Waals surface area contributed by atoms with Crippen LogP contribution in [0, 0.1) is 0 Å². The van der Waals surface area contributed by atoms with Gasteiger partial charge in [-0.15, -0.1) is 0 Å². The Morgan fingerprint density at radius 1 is 1.14 bits per heavy atom. The minimum Gasteiger partial charge on any atom is -0.503 e. The van der Waals surface area contributed by atoms with Gasteiger partial charge in [0, 0.05) is 29.0 Å². The average molecular weight is 451 g/mol. The number of halogens is 1. The van der Waals surface area contributed by atoms with Crippen molar-refractivity contribution >= 4 is 27.4 Å². The molecular formula is C23H19BrN2O3. The lowest BCUT2D eigenvalue weighted by Crippen LogP contribution is -2.29. The van der Waals surface area contributed by atoms with Crippen LogP contribution in [0.2, 0.25) is 0 Å². The summed E-state index contributed by atoms with van der Waals surface area (Å²) in [5.41, 5.74) is 3.16. The first-order valence-electron chi connectivity index (χ1n) is 9.11. The topological polar surface area (TPSA) is 62.7 Å². The van der Waals surface area contributed by atoms with E-state index in [-0.39, 0.29) is 5.76 Å². The number of hydrogen-bond acceptors (Lipinski definition) is 4. The van der Waals surface area contributed by atoms with Gasteiger partial charge < -0.3 is 14.7 Å². The van der Waals surface area contributed by atoms with Gasteiger partial charge in [-0.1, -0.05) is 46.3 Å². The first-order chi connectivity index (χ1) is 14.1. The highest BCUT2D eigenvalue weighted by atomic mass is 79.9. The van der Waals surface area contributed by atoms with Crippen LogP contribution in [0.3, 0.4) is 0 Å². The summed E-state index contributed by atoms with van der Waals surface area (Å²) in [6, 6.07) is 18.5. The number of carbonyl (C=O) groups is 1. The molecule has 0 spiro atoms. The van der Waals surface area contributed by atoms with Gasteiger partial charge in [0.05, 0.1) is 13.2 Å². The fourth-order valence-corrected chi connectivity index (χ4v) is 4.01. The van der Waals surface area contributed by atoms with Gasteiger partial charge in [0.1, 0.15) is 5.75 Å². The van der Waals surface area contributed by atoms with E-state index in [0.29, 0.717) is 17.9 Å². The number of ether oxygens (including phenoxy) is 1. The molecule has 1 N–H and O–H groups in total. The van der Waals surface area contributed by atoms with E-state index in [4.69, 9.17) is 4.74 Å². The molecule has 2 heterocycles. The Kier molecular flexibility index (Phi) is 5.36. The third kappa shape index (κ3) is 3.76. The molecule has 0 bridgehead atoms. The predicted molar refractivity (Wildman–Crippen MR) is 114 cm³/mol. The zero-order valence-corrected chi connectivity index (χ0v) is 17.3. The summed E-state index contributed by atoms with van der Waals surface area (Å²) in [6.45, 7) is 0.341. The lowest BCUT2D eigenvalue weighted by molar-refractivity contribution is -0.130. The zero-order chi connectivity index (χ0) is 20.4. The second-order valence-corrected chi connectivity index (χ2v) is 7.66. The minimum atomic E-state index is -0.423. The van der Waals surface area contributed by atoms with Crippen LogP contribution in [-0.4, -0.2) is 28.0 Å². The summed E-state index contributed by atoms with van der Waals surface area (Å²) >= 11 is 3.51. The molecular weight excluding hydrogens is 432 g/mol. The maximum Gasteiger partial charge on any atom is 0.290 e. The highest BCUT2D eigenvalue weighted by Crippen LogP contribution is 2.44. The number of aliphatic hydroxyl groups is 1. The Morgan fingerprint density at radius 2 is 1.93 bits per heavy atom. The average Bonchev–Trinajstić information content (AvgIpc) is 2.99. The lowest BCUT2D eigenvalue weighted by Gasteiger charge is -2.27. The number of aliphatic hydroxyl groups excluding tert-OH is 1. The predicted octanol–water partition coefficient (Wildman–Crippen LogP) is 4.91. The van der Waals surface area contributed by atoms with Crippen molar-refractivity contribution in [2.75, 3.05) is 7.11 Å². The maximum absolute atomic E-state index is 13.0. The van der Waals surface area contributed by atoms with E-state index < -0.39 is 11.9 Å². The standard InChI is InChI=1S/C23H19BrN2O3/c1-29-19-9-7-16(8-10-19)20-21(17-5-2-6-18(24)12-17)26(23(28)22(20)27)14-15-4-3-11-25-13-15/h2-13,21,27H,14H2,1H3/t21-/m1/s1. The van der Waals surface area contributed by atoms with Gasteiger partial charge in [-0.05, 0) is 47.0 Å². The molecule has 0 aliphatic carbocycles. The summed E-state index contributed by atoms with van der Waals surface area (Å²) < 4.78 is 6.14. The Morgan fingerprint density at radius 3 is 2.59 bits per heavy atom. The summed E-state index contributed by atoms with van der Waals surface area (Å²) in [5, 5.41) is 10.8. The Labute approximate surface area is 177 Å². The lowest BCUT2D eigenvalue weighted by atomic mass is 9.93. The number of aromatic nitrogens is 1. The molecule has 0 saturated heterocycles. The van der Waals surface area contributed by atoms with Gasteiger partial charge in [-0.3, -0.25) is 9.78 Å². The molecule has 1 atom stereocenters. The van der Waals surface area contributed by atoms with Gasteiger partial charge in [0.15, 0.2) is 5.76 Å². The number of pyridine rings is 1. The van der Waals surface area contributed by atoms with Crippen LogP contribution in [0.1, 0.15) is 22.7 Å². The molecule has 0 radical (unpaired) electrons. The van der Waals surface area contributed by atoms with Crippen LogP contribution in [0.4, 0.5) is 0 Å². The van der Waals surface area contributed by atoms with Crippen molar-refractivity contribution in [2.45, 2.75) is 12.6 Å². The highest BCUT2D eigenvalue weighted by Gasteiger charge is 2.41. The Hall–Kier alpha value is -3.12. The van der Waals surface area contributed by atoms with Crippen LogP contribution in [0.5, 0.6) is 5.75 Å². The highest BCUT2D eigenvalue weighted by molar-refractivity contribution is 9.10. The quantitative estimate of drug-likeness (QED) is 0.599. The van der Waals surface area contributed by atoms with E-state index in [1.54, 1.807) is 24.4 Å². The zero-order valence-electron chi connectivity index (χ0n) is 15.7. The van der Waals surface area contributed by atoms with Crippen molar-refractivity contribution in [3.63, 3.8) is 0 Å². The second-order valence-electron chi connectivity index (χ2n) is 6.74. The molecule has 1 aliphatic heterocycles. The molecule has 5 nitrogen and oxygen atoms in total. The Bertz CT molecular complexity index is 1060. The number of carbonyl (C=O) groups excluding carboxylic acids is 1. The van der Waals surface area contributed by atoms with Crippen LogP contribution < -0.4 is 4.74 Å². The smallest absolute Gasteiger partial charge is 0.290 e. The summed E-state index contributed by atoms with van der Waals surface area (Å²) in [4.78, 5) is 18.9. The molecule has 6 heteroatoms. The van der Waals surface area contributed by atoms with E-state index in [1.807, 2.05) is 60.7 Å². The van der Waals surface area contributed by atoms with Crippen molar-refractivity contribution in [1.82, 2.24) is 9.88 Å². The van der Waals surface area contributed by atoms with Gasteiger partial charge in [-0.2, -0.15) is 0 Å². The van der Waals surface area contributed by atoms with Crippen LogP contribution >= 0.6 is 15.9 Å². The number of methoxy groups -OCH3 is 1. The summed E-state index contributed by atoms with van der Waals surface area (Å²) in [7, 11) is 1.60. The third-order valence-corrected chi connectivity index (χ3v) is 5.44. The van der Waals surface area contributed by atoms with E-state index in [9.17, 15) is 9.90 Å². The molecule has 0 fully saturated rings. The maximum atomic E-state index is 13.0. The summed E-state index contributed by atoms with van der Waals surface area (Å²) in [6.07, 6.45) is 3.42. The number of benzene rings is 2. The van der Waals surface area contributed by atoms with E-state index in [0.717, 1.165) is 21.2 Å². The Balaban J connectivity index is 1.81. The molecule has 0 unspecified atom stereocenters. The van der Waals surface area contributed by atoms with Gasteiger partial charge in [0.2, 0.25) is 0 Å². The van der Waals surface area contributed by atoms with Gasteiger partial charge in [-0.25, -0.2) is 0 Å². The van der Waals surface area contributed by atoms with E-state index in [2.05, 4.69) is 20.9 Å². The van der Waals surface area contributed by atoms with Crippen molar-refractivity contribution in [2.24, 2.45) is 0 Å². The largest absolute Gasteiger partial charge is 0.503 e. The second kappa shape index (κ2) is 8.09. The first-order valence-corrected chi connectivity index (χ1v) is 9.90. The normalized spacial score (nSPS) is 16.4. The third-order valence-electron chi connectivity index (χ3n) is 4.94. The molecule has 0 saturated carbocycles. The molecule has 3 aromatic rings. The van der Waals surface area contributed by atoms with Gasteiger partial charge in [0.25, 0.3) is 5.91 Å². The number of hydrogen-bond donors (Lipinski definition) is 1. The van der Waals surface area contributed by atoms with Gasteiger partial charge >= 0.3 is 0 Å². The van der Waals surface area contributed by atoms with Crippen molar-refractivity contribution in [1.29, 1.82) is 0 Å². The van der Waals surface area contributed by atoms with Crippen molar-refractivity contribution < 1.29 is 14.6 Å². The molecule has 146 valence electrons. The van der Waals surface area contributed by atoms with Crippen LogP contribution in [-0.2, 0) is 11.3 Å². The SMILES string of the molecule is COc1ccc(C2=C(O)C(=O)N(Cc3cccnc3)[C@@H]2c2cccc(Br)c2)cc1. The molecule has 1 amide bonds. The number of nitrogens with zero attached hydrogens (tertiary/aromatic N) is 2. The molecule has 1 aliphatic rings.